The number of nitrogens with one attached hydrogen (secondary N) is 1. The van der Waals surface area contributed by atoms with Crippen molar-refractivity contribution in [3.8, 4) is 11.5 Å². The summed E-state index contributed by atoms with van der Waals surface area (Å²) in [6.07, 6.45) is 0.893. The van der Waals surface area contributed by atoms with Crippen molar-refractivity contribution in [2.45, 2.75) is 20.0 Å². The number of aryl methyl sites for hydroxylation is 2. The van der Waals surface area contributed by atoms with E-state index in [1.807, 2.05) is 17.8 Å². The monoisotopic (exact) mass is 288 g/mol. The van der Waals surface area contributed by atoms with E-state index in [1.54, 1.807) is 25.3 Å². The first-order chi connectivity index (χ1) is 10.0. The Labute approximate surface area is 124 Å². The molecule has 0 aliphatic heterocycles. The third kappa shape index (κ3) is 3.34. The summed E-state index contributed by atoms with van der Waals surface area (Å²) in [4.78, 5) is 0. The van der Waals surface area contributed by atoms with Crippen molar-refractivity contribution in [3.05, 3.63) is 41.2 Å². The van der Waals surface area contributed by atoms with Crippen LogP contribution in [0.15, 0.2) is 24.3 Å². The molecule has 0 atom stereocenters. The van der Waals surface area contributed by atoms with Gasteiger partial charge in [0.05, 0.1) is 18.5 Å². The fourth-order valence-corrected chi connectivity index (χ4v) is 1.99. The molecule has 0 amide bonds. The van der Waals surface area contributed by atoms with Crippen LogP contribution in [0.5, 0.6) is 11.5 Å². The Kier molecular flexibility index (Phi) is 4.47. The van der Waals surface area contributed by atoms with Gasteiger partial charge in [-0.1, -0.05) is 6.92 Å². The average molecular weight is 288 g/mol. The molecular formula is C15H20N4O2. The first kappa shape index (κ1) is 14.9. The fraction of sp³-hybridized carbons (Fsp3) is 0.333. The van der Waals surface area contributed by atoms with E-state index >= 15 is 0 Å². The van der Waals surface area contributed by atoms with Gasteiger partial charge in [-0.2, -0.15) is 5.10 Å². The summed E-state index contributed by atoms with van der Waals surface area (Å²) in [5.41, 5.74) is 8.10. The first-order valence-corrected chi connectivity index (χ1v) is 6.72. The van der Waals surface area contributed by atoms with E-state index in [1.165, 1.54) is 0 Å². The largest absolute Gasteiger partial charge is 0.493 e. The topological polar surface area (TPSA) is 86.1 Å². The molecule has 0 aliphatic carbocycles. The standard InChI is InChI=1S/C15H20N4O2/c1-4-11-8-12(19(2)18-11)9-21-13-6-5-10(15(16)17)7-14(13)20-3/h5-8H,4,9H2,1-3H3,(H3,16,17). The van der Waals surface area contributed by atoms with Crippen molar-refractivity contribution in [1.82, 2.24) is 9.78 Å². The molecule has 1 aromatic heterocycles. The Morgan fingerprint density at radius 2 is 2.10 bits per heavy atom. The fourth-order valence-electron chi connectivity index (χ4n) is 1.99. The summed E-state index contributed by atoms with van der Waals surface area (Å²) in [5.74, 6) is 1.17. The summed E-state index contributed by atoms with van der Waals surface area (Å²) >= 11 is 0. The molecular weight excluding hydrogens is 268 g/mol. The average Bonchev–Trinajstić information content (AvgIpc) is 2.85. The third-order valence-electron chi connectivity index (χ3n) is 3.24. The molecule has 0 aliphatic rings. The van der Waals surface area contributed by atoms with Gasteiger partial charge in [-0.15, -0.1) is 0 Å². The van der Waals surface area contributed by atoms with Gasteiger partial charge in [-0.25, -0.2) is 0 Å². The van der Waals surface area contributed by atoms with E-state index in [0.29, 0.717) is 23.7 Å². The number of ether oxygens (including phenoxy) is 2. The second-order valence-electron chi connectivity index (χ2n) is 4.67. The predicted octanol–water partition coefficient (Wildman–Crippen LogP) is 1.85. The molecule has 0 saturated carbocycles. The second-order valence-corrected chi connectivity index (χ2v) is 4.67. The Balaban J connectivity index is 2.15. The molecule has 0 fully saturated rings. The number of rotatable bonds is 6. The SMILES string of the molecule is CCc1cc(COc2ccc(C(=N)N)cc2OC)n(C)n1. The zero-order valence-corrected chi connectivity index (χ0v) is 12.5. The zero-order valence-electron chi connectivity index (χ0n) is 12.5. The number of hydrogen-bond donors (Lipinski definition) is 2. The van der Waals surface area contributed by atoms with Gasteiger partial charge in [-0.3, -0.25) is 10.1 Å². The van der Waals surface area contributed by atoms with Gasteiger partial charge in [0.25, 0.3) is 0 Å². The number of nitrogens with zero attached hydrogens (tertiary/aromatic N) is 2. The molecule has 1 heterocycles. The Morgan fingerprint density at radius 3 is 2.67 bits per heavy atom. The van der Waals surface area contributed by atoms with Crippen LogP contribution in [0.1, 0.15) is 23.9 Å². The summed E-state index contributed by atoms with van der Waals surface area (Å²) in [6, 6.07) is 7.21. The maximum absolute atomic E-state index is 7.44. The summed E-state index contributed by atoms with van der Waals surface area (Å²) in [5, 5.41) is 11.8. The van der Waals surface area contributed by atoms with E-state index in [4.69, 9.17) is 20.6 Å². The van der Waals surface area contributed by atoms with Gasteiger partial charge in [0.15, 0.2) is 11.5 Å². The lowest BCUT2D eigenvalue weighted by molar-refractivity contribution is 0.275. The minimum absolute atomic E-state index is 0.000859. The number of methoxy groups -OCH3 is 1. The van der Waals surface area contributed by atoms with Crippen LogP contribution in [-0.4, -0.2) is 22.7 Å². The van der Waals surface area contributed by atoms with Gasteiger partial charge >= 0.3 is 0 Å². The zero-order chi connectivity index (χ0) is 15.4. The lowest BCUT2D eigenvalue weighted by Crippen LogP contribution is -2.11. The van der Waals surface area contributed by atoms with E-state index in [9.17, 15) is 0 Å². The minimum atomic E-state index is -0.000859. The van der Waals surface area contributed by atoms with Crippen LogP contribution in [0.3, 0.4) is 0 Å². The smallest absolute Gasteiger partial charge is 0.161 e. The van der Waals surface area contributed by atoms with Gasteiger partial charge in [0, 0.05) is 12.6 Å². The van der Waals surface area contributed by atoms with E-state index < -0.39 is 0 Å². The third-order valence-corrected chi connectivity index (χ3v) is 3.24. The molecule has 2 rings (SSSR count). The Morgan fingerprint density at radius 1 is 1.33 bits per heavy atom. The molecule has 2 aromatic rings. The van der Waals surface area contributed by atoms with Crippen molar-refractivity contribution >= 4 is 5.84 Å². The van der Waals surface area contributed by atoms with Crippen LogP contribution in [0, 0.1) is 5.41 Å². The second kappa shape index (κ2) is 6.30. The molecule has 0 spiro atoms. The van der Waals surface area contributed by atoms with Crippen LogP contribution in [0.25, 0.3) is 0 Å². The molecule has 0 bridgehead atoms. The molecule has 0 radical (unpaired) electrons. The normalized spacial score (nSPS) is 10.4. The number of amidine groups is 1. The number of hydrogen-bond acceptors (Lipinski definition) is 4. The first-order valence-electron chi connectivity index (χ1n) is 6.72. The van der Waals surface area contributed by atoms with E-state index in [0.717, 1.165) is 17.8 Å². The lowest BCUT2D eigenvalue weighted by Gasteiger charge is -2.12. The number of nitrogen functional groups attached to an aromatic ring is 1. The Hall–Kier alpha value is -2.50. The number of nitrogens with two attached hydrogens (primary N) is 1. The van der Waals surface area contributed by atoms with Crippen molar-refractivity contribution in [3.63, 3.8) is 0 Å². The highest BCUT2D eigenvalue weighted by atomic mass is 16.5. The minimum Gasteiger partial charge on any atom is -0.493 e. The van der Waals surface area contributed by atoms with Crippen molar-refractivity contribution in [2.75, 3.05) is 7.11 Å². The molecule has 0 saturated heterocycles. The maximum Gasteiger partial charge on any atom is 0.161 e. The molecule has 1 aromatic carbocycles. The van der Waals surface area contributed by atoms with Crippen molar-refractivity contribution < 1.29 is 9.47 Å². The molecule has 112 valence electrons. The molecule has 3 N–H and O–H groups in total. The summed E-state index contributed by atoms with van der Waals surface area (Å²) < 4.78 is 12.9. The van der Waals surface area contributed by atoms with Crippen LogP contribution in [0.4, 0.5) is 0 Å². The lowest BCUT2D eigenvalue weighted by atomic mass is 10.2. The van der Waals surface area contributed by atoms with Crippen molar-refractivity contribution in [1.29, 1.82) is 5.41 Å². The van der Waals surface area contributed by atoms with Crippen LogP contribution >= 0.6 is 0 Å². The predicted molar refractivity (Wildman–Crippen MR) is 80.9 cm³/mol. The van der Waals surface area contributed by atoms with Crippen LogP contribution in [-0.2, 0) is 20.1 Å². The highest BCUT2D eigenvalue weighted by molar-refractivity contribution is 5.95. The maximum atomic E-state index is 7.44. The van der Waals surface area contributed by atoms with Crippen LogP contribution in [0.2, 0.25) is 0 Å². The van der Waals surface area contributed by atoms with E-state index in [-0.39, 0.29) is 5.84 Å². The summed E-state index contributed by atoms with van der Waals surface area (Å²) in [7, 11) is 3.46. The van der Waals surface area contributed by atoms with Crippen molar-refractivity contribution in [2.24, 2.45) is 12.8 Å². The summed E-state index contributed by atoms with van der Waals surface area (Å²) in [6.45, 7) is 2.47. The van der Waals surface area contributed by atoms with Gasteiger partial charge in [0.1, 0.15) is 12.4 Å². The highest BCUT2D eigenvalue weighted by Crippen LogP contribution is 2.28. The molecule has 21 heavy (non-hydrogen) atoms. The van der Waals surface area contributed by atoms with Gasteiger partial charge < -0.3 is 15.2 Å². The highest BCUT2D eigenvalue weighted by Gasteiger charge is 2.09. The quantitative estimate of drug-likeness (QED) is 0.627. The number of aromatic nitrogens is 2. The van der Waals surface area contributed by atoms with E-state index in [2.05, 4.69) is 12.0 Å². The molecule has 0 unspecified atom stereocenters. The molecule has 6 heteroatoms. The Bertz CT molecular complexity index is 649. The van der Waals surface area contributed by atoms with Gasteiger partial charge in [-0.05, 0) is 30.7 Å². The molecule has 6 nitrogen and oxygen atoms in total. The van der Waals surface area contributed by atoms with Gasteiger partial charge in [0.2, 0.25) is 0 Å². The van der Waals surface area contributed by atoms with Crippen LogP contribution < -0.4 is 15.2 Å². The number of benzene rings is 1.